The number of carbonyl (C=O) groups is 3. The van der Waals surface area contributed by atoms with E-state index < -0.39 is 5.97 Å². The minimum atomic E-state index is -0.451. The van der Waals surface area contributed by atoms with Gasteiger partial charge >= 0.3 is 5.97 Å². The van der Waals surface area contributed by atoms with Crippen LogP contribution in [0.5, 0.6) is 0 Å². The smallest absolute Gasteiger partial charge is 0.339 e. The minimum absolute atomic E-state index is 0.0287. The molecule has 2 heterocycles. The summed E-state index contributed by atoms with van der Waals surface area (Å²) in [4.78, 5) is 38.5. The molecule has 4 rings (SSSR count). The van der Waals surface area contributed by atoms with Gasteiger partial charge < -0.3 is 9.30 Å². The summed E-state index contributed by atoms with van der Waals surface area (Å²) in [6.07, 6.45) is 0.996. The summed E-state index contributed by atoms with van der Waals surface area (Å²) >= 11 is 0. The third kappa shape index (κ3) is 3.71. The van der Waals surface area contributed by atoms with E-state index in [1.807, 2.05) is 41.0 Å². The van der Waals surface area contributed by atoms with Crippen LogP contribution in [-0.4, -0.2) is 28.7 Å². The number of Topliss-reactive ketones (excluding diaryl/α,β-unsaturated/α-hetero) is 1. The molecule has 0 saturated heterocycles. The quantitative estimate of drug-likeness (QED) is 0.427. The second-order valence-electron chi connectivity index (χ2n) is 7.37. The van der Waals surface area contributed by atoms with Gasteiger partial charge in [-0.2, -0.15) is 0 Å². The molecule has 1 aliphatic rings. The fourth-order valence-electron chi connectivity index (χ4n) is 4.13. The highest BCUT2D eigenvalue weighted by molar-refractivity contribution is 6.09. The van der Waals surface area contributed by atoms with Gasteiger partial charge in [-0.15, -0.1) is 0 Å². The second kappa shape index (κ2) is 8.49. The summed E-state index contributed by atoms with van der Waals surface area (Å²) in [6.45, 7) is 2.59. The summed E-state index contributed by atoms with van der Waals surface area (Å²) in [5.74, 6) is -0.690. The first kappa shape index (κ1) is 19.8. The monoisotopic (exact) mass is 401 g/mol. The van der Waals surface area contributed by atoms with E-state index in [4.69, 9.17) is 4.74 Å². The zero-order chi connectivity index (χ0) is 21.1. The Labute approximate surface area is 175 Å². The van der Waals surface area contributed by atoms with E-state index in [9.17, 15) is 14.4 Å². The molecule has 1 aromatic heterocycles. The molecule has 0 radical (unpaired) electrons. The van der Waals surface area contributed by atoms with Crippen molar-refractivity contribution in [2.45, 2.75) is 32.2 Å². The molecule has 0 spiro atoms. The number of hydrogen-bond donors (Lipinski definition) is 0. The number of carbonyl (C=O) groups excluding carboxylic acids is 3. The van der Waals surface area contributed by atoms with Crippen molar-refractivity contribution >= 4 is 17.5 Å². The summed E-state index contributed by atoms with van der Waals surface area (Å²) in [7, 11) is 0. The van der Waals surface area contributed by atoms with Crippen LogP contribution in [0.2, 0.25) is 0 Å². The maximum Gasteiger partial charge on any atom is 0.339 e. The van der Waals surface area contributed by atoms with Crippen LogP contribution in [-0.2, 0) is 11.3 Å². The van der Waals surface area contributed by atoms with Gasteiger partial charge in [-0.05, 0) is 19.4 Å². The van der Waals surface area contributed by atoms with E-state index in [0.717, 1.165) is 5.69 Å². The summed E-state index contributed by atoms with van der Waals surface area (Å²) in [5, 5.41) is 0. The van der Waals surface area contributed by atoms with E-state index in [-0.39, 0.29) is 24.1 Å². The first-order valence-electron chi connectivity index (χ1n) is 10.2. The predicted molar refractivity (Wildman–Crippen MR) is 113 cm³/mol. The lowest BCUT2D eigenvalue weighted by molar-refractivity contribution is 0.0524. The molecule has 1 atom stereocenters. The molecule has 1 unspecified atom stereocenters. The number of hydrogen-bond acceptors (Lipinski definition) is 4. The van der Waals surface area contributed by atoms with Crippen molar-refractivity contribution in [2.24, 2.45) is 0 Å². The Morgan fingerprint density at radius 3 is 2.23 bits per heavy atom. The number of rotatable bonds is 7. The van der Waals surface area contributed by atoms with Crippen molar-refractivity contribution in [1.29, 1.82) is 0 Å². The average molecular weight is 401 g/mol. The van der Waals surface area contributed by atoms with Gasteiger partial charge in [0.1, 0.15) is 0 Å². The molecule has 5 heteroatoms. The highest BCUT2D eigenvalue weighted by atomic mass is 16.5. The zero-order valence-corrected chi connectivity index (χ0v) is 16.8. The first-order valence-corrected chi connectivity index (χ1v) is 10.2. The SMILES string of the molecule is CCOC(=O)c1cc(C(=O)c2ccccc2)n2c1C(CC(=O)c1ccccc1)CC2. The van der Waals surface area contributed by atoms with Gasteiger partial charge in [0, 0.05) is 35.7 Å². The molecule has 0 saturated carbocycles. The van der Waals surface area contributed by atoms with Gasteiger partial charge in [-0.3, -0.25) is 9.59 Å². The summed E-state index contributed by atoms with van der Waals surface area (Å²) < 4.78 is 7.13. The zero-order valence-electron chi connectivity index (χ0n) is 16.8. The molecule has 5 nitrogen and oxygen atoms in total. The van der Waals surface area contributed by atoms with E-state index in [1.165, 1.54) is 0 Å². The fourth-order valence-corrected chi connectivity index (χ4v) is 4.13. The molecule has 0 aliphatic carbocycles. The minimum Gasteiger partial charge on any atom is -0.462 e. The number of aromatic nitrogens is 1. The van der Waals surface area contributed by atoms with Crippen LogP contribution in [0.25, 0.3) is 0 Å². The van der Waals surface area contributed by atoms with Crippen LogP contribution < -0.4 is 0 Å². The standard InChI is InChI=1S/C25H23NO4/c1-2-30-25(29)20-16-21(24(28)18-11-7-4-8-12-18)26-14-13-19(23(20)26)15-22(27)17-9-5-3-6-10-17/h3-12,16,19H,2,13-15H2,1H3. The number of benzene rings is 2. The number of nitrogens with zero attached hydrogens (tertiary/aromatic N) is 1. The van der Waals surface area contributed by atoms with Gasteiger partial charge in [0.2, 0.25) is 5.78 Å². The molecule has 3 aromatic rings. The molecule has 0 amide bonds. The first-order chi connectivity index (χ1) is 14.6. The maximum atomic E-state index is 13.1. The topological polar surface area (TPSA) is 65.4 Å². The van der Waals surface area contributed by atoms with Gasteiger partial charge in [-0.1, -0.05) is 60.7 Å². The Hall–Kier alpha value is -3.47. The highest BCUT2D eigenvalue weighted by Gasteiger charge is 2.35. The molecule has 1 aliphatic heterocycles. The van der Waals surface area contributed by atoms with Crippen LogP contribution >= 0.6 is 0 Å². The Balaban J connectivity index is 1.71. The number of ether oxygens (including phenoxy) is 1. The summed E-state index contributed by atoms with van der Waals surface area (Å²) in [6, 6.07) is 19.8. The molecular formula is C25H23NO4. The molecule has 2 aromatic carbocycles. The van der Waals surface area contributed by atoms with Crippen molar-refractivity contribution < 1.29 is 19.1 Å². The maximum absolute atomic E-state index is 13.1. The average Bonchev–Trinajstić information content (AvgIpc) is 3.36. The van der Waals surface area contributed by atoms with Crippen molar-refractivity contribution in [2.75, 3.05) is 6.61 Å². The van der Waals surface area contributed by atoms with Crippen LogP contribution in [0.4, 0.5) is 0 Å². The van der Waals surface area contributed by atoms with Crippen molar-refractivity contribution in [1.82, 2.24) is 4.57 Å². The third-order valence-electron chi connectivity index (χ3n) is 5.52. The van der Waals surface area contributed by atoms with Gasteiger partial charge in [0.05, 0.1) is 17.9 Å². The normalized spacial score (nSPS) is 14.9. The fraction of sp³-hybridized carbons (Fsp3) is 0.240. The van der Waals surface area contributed by atoms with Crippen LogP contribution in [0.15, 0.2) is 66.7 Å². The predicted octanol–water partition coefficient (Wildman–Crippen LogP) is 4.66. The molecule has 30 heavy (non-hydrogen) atoms. The Morgan fingerprint density at radius 2 is 1.60 bits per heavy atom. The lowest BCUT2D eigenvalue weighted by Gasteiger charge is -2.11. The molecular weight excluding hydrogens is 378 g/mol. The number of esters is 1. The Morgan fingerprint density at radius 1 is 0.967 bits per heavy atom. The molecule has 0 N–H and O–H groups in total. The van der Waals surface area contributed by atoms with Crippen molar-refractivity contribution in [3.63, 3.8) is 0 Å². The van der Waals surface area contributed by atoms with Gasteiger partial charge in [0.25, 0.3) is 0 Å². The van der Waals surface area contributed by atoms with Crippen molar-refractivity contribution in [3.8, 4) is 0 Å². The van der Waals surface area contributed by atoms with E-state index in [2.05, 4.69) is 0 Å². The summed E-state index contributed by atoms with van der Waals surface area (Å²) in [5.41, 5.74) is 2.81. The Bertz CT molecular complexity index is 1080. The number of ketones is 2. The molecule has 152 valence electrons. The lowest BCUT2D eigenvalue weighted by atomic mass is 9.92. The van der Waals surface area contributed by atoms with Crippen LogP contribution in [0.3, 0.4) is 0 Å². The third-order valence-corrected chi connectivity index (χ3v) is 5.52. The lowest BCUT2D eigenvalue weighted by Crippen LogP contribution is -2.11. The van der Waals surface area contributed by atoms with Gasteiger partial charge in [0.15, 0.2) is 5.78 Å². The van der Waals surface area contributed by atoms with E-state index in [1.54, 1.807) is 37.3 Å². The van der Waals surface area contributed by atoms with Crippen LogP contribution in [0.1, 0.15) is 68.1 Å². The van der Waals surface area contributed by atoms with Crippen molar-refractivity contribution in [3.05, 3.63) is 94.8 Å². The van der Waals surface area contributed by atoms with Crippen LogP contribution in [0, 0.1) is 0 Å². The largest absolute Gasteiger partial charge is 0.462 e. The number of fused-ring (bicyclic) bond motifs is 1. The van der Waals surface area contributed by atoms with E-state index >= 15 is 0 Å². The Kier molecular flexibility index (Phi) is 5.61. The van der Waals surface area contributed by atoms with E-state index in [0.29, 0.717) is 41.8 Å². The second-order valence-corrected chi connectivity index (χ2v) is 7.37. The molecule has 0 fully saturated rings. The highest BCUT2D eigenvalue weighted by Crippen LogP contribution is 2.38. The van der Waals surface area contributed by atoms with Gasteiger partial charge in [-0.25, -0.2) is 4.79 Å². The molecule has 0 bridgehead atoms.